The molecule has 1 aliphatic heterocycles. The summed E-state index contributed by atoms with van der Waals surface area (Å²) < 4.78 is 24.4. The standard InChI is InChI=1S/C9H9ClN2O4S/c10-7-5-11-8(4-6(7)9(13)14)12-2-1-3-17(12,15)16/h4-5H,1-3H2,(H,13,14). The van der Waals surface area contributed by atoms with Gasteiger partial charge in [-0.3, -0.25) is 4.31 Å². The Balaban J connectivity index is 2.47. The number of carbonyl (C=O) groups is 1. The summed E-state index contributed by atoms with van der Waals surface area (Å²) in [6.45, 7) is 0.316. The second-order valence-corrected chi connectivity index (χ2v) is 5.99. The number of anilines is 1. The number of hydrogen-bond acceptors (Lipinski definition) is 4. The number of carboxylic acids is 1. The third kappa shape index (κ3) is 2.20. The molecular weight excluding hydrogens is 268 g/mol. The number of hydrogen-bond donors (Lipinski definition) is 1. The first-order valence-electron chi connectivity index (χ1n) is 4.81. The molecule has 1 N–H and O–H groups in total. The molecule has 0 aromatic carbocycles. The first kappa shape index (κ1) is 12.1. The van der Waals surface area contributed by atoms with E-state index in [4.69, 9.17) is 16.7 Å². The van der Waals surface area contributed by atoms with Crippen LogP contribution in [0.4, 0.5) is 5.82 Å². The van der Waals surface area contributed by atoms with Gasteiger partial charge in [-0.25, -0.2) is 18.2 Å². The lowest BCUT2D eigenvalue weighted by Gasteiger charge is -2.16. The maximum atomic E-state index is 11.6. The van der Waals surface area contributed by atoms with Crippen molar-refractivity contribution in [1.29, 1.82) is 0 Å². The molecule has 0 unspecified atom stereocenters. The summed E-state index contributed by atoms with van der Waals surface area (Å²) in [6, 6.07) is 1.17. The smallest absolute Gasteiger partial charge is 0.337 e. The molecule has 6 nitrogen and oxygen atoms in total. The van der Waals surface area contributed by atoms with Crippen LogP contribution in [-0.2, 0) is 10.0 Å². The summed E-state index contributed by atoms with van der Waals surface area (Å²) in [6.07, 6.45) is 1.66. The molecule has 0 bridgehead atoms. The molecule has 92 valence electrons. The maximum Gasteiger partial charge on any atom is 0.337 e. The van der Waals surface area contributed by atoms with Gasteiger partial charge in [-0.15, -0.1) is 0 Å². The van der Waals surface area contributed by atoms with E-state index in [-0.39, 0.29) is 22.2 Å². The highest BCUT2D eigenvalue weighted by Crippen LogP contribution is 2.25. The van der Waals surface area contributed by atoms with Crippen molar-refractivity contribution in [3.05, 3.63) is 22.8 Å². The number of aromatic carboxylic acids is 1. The Morgan fingerprint density at radius 3 is 2.76 bits per heavy atom. The lowest BCUT2D eigenvalue weighted by Crippen LogP contribution is -2.26. The van der Waals surface area contributed by atoms with Crippen molar-refractivity contribution in [2.45, 2.75) is 6.42 Å². The molecule has 0 atom stereocenters. The second kappa shape index (κ2) is 4.15. The fourth-order valence-electron chi connectivity index (χ4n) is 1.62. The van der Waals surface area contributed by atoms with E-state index in [1.54, 1.807) is 0 Å². The lowest BCUT2D eigenvalue weighted by molar-refractivity contribution is 0.0697. The summed E-state index contributed by atoms with van der Waals surface area (Å²) in [5, 5.41) is 8.87. The predicted octanol–water partition coefficient (Wildman–Crippen LogP) is 0.973. The molecule has 8 heteroatoms. The minimum Gasteiger partial charge on any atom is -0.478 e. The SMILES string of the molecule is O=C(O)c1cc(N2CCCS2(=O)=O)ncc1Cl. The van der Waals surface area contributed by atoms with E-state index < -0.39 is 16.0 Å². The third-order valence-electron chi connectivity index (χ3n) is 2.43. The Bertz CT molecular complexity index is 572. The minimum absolute atomic E-state index is 0.0159. The molecule has 0 saturated carbocycles. The van der Waals surface area contributed by atoms with E-state index in [0.29, 0.717) is 13.0 Å². The molecule has 0 amide bonds. The minimum atomic E-state index is -3.36. The highest BCUT2D eigenvalue weighted by atomic mass is 35.5. The second-order valence-electron chi connectivity index (χ2n) is 3.57. The Labute approximate surface area is 103 Å². The zero-order valence-corrected chi connectivity index (χ0v) is 10.2. The van der Waals surface area contributed by atoms with Crippen LogP contribution in [0.25, 0.3) is 0 Å². The molecule has 2 heterocycles. The van der Waals surface area contributed by atoms with Crippen molar-refractivity contribution in [1.82, 2.24) is 4.98 Å². The quantitative estimate of drug-likeness (QED) is 0.870. The van der Waals surface area contributed by atoms with Crippen LogP contribution in [0.2, 0.25) is 5.02 Å². The number of aromatic nitrogens is 1. The predicted molar refractivity (Wildman–Crippen MR) is 62.0 cm³/mol. The largest absolute Gasteiger partial charge is 0.478 e. The fourth-order valence-corrected chi connectivity index (χ4v) is 3.32. The average molecular weight is 277 g/mol. The summed E-state index contributed by atoms with van der Waals surface area (Å²) >= 11 is 5.66. The Kier molecular flexibility index (Phi) is 2.96. The van der Waals surface area contributed by atoms with Gasteiger partial charge >= 0.3 is 5.97 Å². The van der Waals surface area contributed by atoms with Crippen molar-refractivity contribution in [2.24, 2.45) is 0 Å². The number of rotatable bonds is 2. The average Bonchev–Trinajstić information content (AvgIpc) is 2.58. The van der Waals surface area contributed by atoms with Crippen molar-refractivity contribution in [3.63, 3.8) is 0 Å². The number of carboxylic acid groups (broad SMARTS) is 1. The molecule has 1 fully saturated rings. The zero-order chi connectivity index (χ0) is 12.6. The van der Waals surface area contributed by atoms with Gasteiger partial charge in [0.2, 0.25) is 10.0 Å². The molecule has 17 heavy (non-hydrogen) atoms. The summed E-state index contributed by atoms with van der Waals surface area (Å²) in [5.74, 6) is -1.06. The van der Waals surface area contributed by atoms with E-state index in [2.05, 4.69) is 4.98 Å². The van der Waals surface area contributed by atoms with Gasteiger partial charge in [0.25, 0.3) is 0 Å². The van der Waals surface area contributed by atoms with Gasteiger partial charge in [0.1, 0.15) is 5.82 Å². The first-order valence-corrected chi connectivity index (χ1v) is 6.80. The monoisotopic (exact) mass is 276 g/mol. The molecule has 0 radical (unpaired) electrons. The Morgan fingerprint density at radius 2 is 2.24 bits per heavy atom. The molecule has 1 saturated heterocycles. The van der Waals surface area contributed by atoms with Gasteiger partial charge in [0.05, 0.1) is 16.3 Å². The number of nitrogens with zero attached hydrogens (tertiary/aromatic N) is 2. The van der Waals surface area contributed by atoms with Gasteiger partial charge in [-0.05, 0) is 12.5 Å². The van der Waals surface area contributed by atoms with E-state index in [9.17, 15) is 13.2 Å². The van der Waals surface area contributed by atoms with Crippen molar-refractivity contribution >= 4 is 33.4 Å². The van der Waals surface area contributed by atoms with Crippen molar-refractivity contribution < 1.29 is 18.3 Å². The highest BCUT2D eigenvalue weighted by Gasteiger charge is 2.30. The summed E-state index contributed by atoms with van der Waals surface area (Å²) in [5.41, 5.74) is -0.154. The van der Waals surface area contributed by atoms with Crippen LogP contribution in [0.3, 0.4) is 0 Å². The first-order chi connectivity index (χ1) is 7.92. The Hall–Kier alpha value is -1.34. The number of halogens is 1. The van der Waals surface area contributed by atoms with Crippen LogP contribution in [0.15, 0.2) is 12.3 Å². The van der Waals surface area contributed by atoms with E-state index in [0.717, 1.165) is 10.5 Å². The maximum absolute atomic E-state index is 11.6. The third-order valence-corrected chi connectivity index (χ3v) is 4.57. The lowest BCUT2D eigenvalue weighted by atomic mass is 10.2. The molecule has 0 aliphatic carbocycles. The molecular formula is C9H9ClN2O4S. The molecule has 1 aliphatic rings. The summed E-state index contributed by atoms with van der Waals surface area (Å²) in [4.78, 5) is 14.7. The summed E-state index contributed by atoms with van der Waals surface area (Å²) in [7, 11) is -3.36. The number of sulfonamides is 1. The van der Waals surface area contributed by atoms with Crippen LogP contribution in [0.1, 0.15) is 16.8 Å². The van der Waals surface area contributed by atoms with Gasteiger partial charge in [0.15, 0.2) is 0 Å². The Morgan fingerprint density at radius 1 is 1.53 bits per heavy atom. The van der Waals surface area contributed by atoms with Gasteiger partial charge in [-0.1, -0.05) is 11.6 Å². The zero-order valence-electron chi connectivity index (χ0n) is 8.63. The van der Waals surface area contributed by atoms with E-state index >= 15 is 0 Å². The highest BCUT2D eigenvalue weighted by molar-refractivity contribution is 7.93. The normalized spacial score (nSPS) is 18.3. The van der Waals surface area contributed by atoms with Gasteiger partial charge in [-0.2, -0.15) is 0 Å². The van der Waals surface area contributed by atoms with Crippen LogP contribution in [0, 0.1) is 0 Å². The van der Waals surface area contributed by atoms with Gasteiger partial charge < -0.3 is 5.11 Å². The molecule has 1 aromatic rings. The van der Waals surface area contributed by atoms with Crippen molar-refractivity contribution in [3.8, 4) is 0 Å². The number of pyridine rings is 1. The van der Waals surface area contributed by atoms with E-state index in [1.165, 1.54) is 6.07 Å². The molecule has 2 rings (SSSR count). The van der Waals surface area contributed by atoms with E-state index in [1.807, 2.05) is 0 Å². The van der Waals surface area contributed by atoms with Crippen LogP contribution in [0.5, 0.6) is 0 Å². The van der Waals surface area contributed by atoms with Crippen LogP contribution >= 0.6 is 11.6 Å². The topological polar surface area (TPSA) is 87.6 Å². The fraction of sp³-hybridized carbons (Fsp3) is 0.333. The van der Waals surface area contributed by atoms with Crippen LogP contribution < -0.4 is 4.31 Å². The molecule has 0 spiro atoms. The van der Waals surface area contributed by atoms with Gasteiger partial charge in [0, 0.05) is 12.7 Å². The van der Waals surface area contributed by atoms with Crippen molar-refractivity contribution in [2.75, 3.05) is 16.6 Å². The van der Waals surface area contributed by atoms with Crippen LogP contribution in [-0.4, -0.2) is 36.8 Å². The molecule has 1 aromatic heterocycles.